The molecule has 0 saturated heterocycles. The van der Waals surface area contributed by atoms with E-state index in [1.165, 1.54) is 11.1 Å². The highest BCUT2D eigenvalue weighted by Gasteiger charge is 2.28. The minimum absolute atomic E-state index is 0.0291. The second kappa shape index (κ2) is 9.80. The molecule has 3 heterocycles. The van der Waals surface area contributed by atoms with Gasteiger partial charge < -0.3 is 19.4 Å². The third kappa shape index (κ3) is 4.16. The first kappa shape index (κ1) is 22.8. The number of aliphatic hydroxyl groups is 1. The molecule has 6 rings (SSSR count). The zero-order valence-corrected chi connectivity index (χ0v) is 20.6. The van der Waals surface area contributed by atoms with Gasteiger partial charge in [-0.3, -0.25) is 0 Å². The molecule has 0 spiro atoms. The van der Waals surface area contributed by atoms with Crippen molar-refractivity contribution in [1.82, 2.24) is 19.5 Å². The third-order valence-corrected chi connectivity index (χ3v) is 7.31. The number of pyridine rings is 1. The molecule has 1 aliphatic rings. The normalized spacial score (nSPS) is 15.2. The number of halogens is 1. The molecule has 2 N–H and O–H groups in total. The molecule has 1 unspecified atom stereocenters. The summed E-state index contributed by atoms with van der Waals surface area (Å²) in [7, 11) is 0. The van der Waals surface area contributed by atoms with Gasteiger partial charge in [-0.25, -0.2) is 9.97 Å². The minimum Gasteiger partial charge on any atom is -0.473 e. The van der Waals surface area contributed by atoms with Crippen LogP contribution in [0.25, 0.3) is 22.2 Å². The molecule has 0 aliphatic heterocycles. The second-order valence-corrected chi connectivity index (χ2v) is 9.59. The van der Waals surface area contributed by atoms with Crippen molar-refractivity contribution in [2.45, 2.75) is 38.3 Å². The lowest BCUT2D eigenvalue weighted by molar-refractivity contribution is 0.294. The van der Waals surface area contributed by atoms with Crippen LogP contribution in [-0.4, -0.2) is 31.2 Å². The zero-order chi connectivity index (χ0) is 24.5. The maximum Gasteiger partial charge on any atom is 0.214 e. The quantitative estimate of drug-likeness (QED) is 0.283. The van der Waals surface area contributed by atoms with Gasteiger partial charge in [-0.2, -0.15) is 0 Å². The molecule has 7 heteroatoms. The molecular formula is C29H27ClN4O2. The standard InChI is InChI=1S/C29H27ClN4O2/c30-23-10-4-8-20-9-5-11-26(28(20)23)34-18-33-24(12-13-35)29(34)22-15-31-25-16-32-27(14-21(22)25)36-17-19-6-2-1-3-7-19/h1-4,6-8,10,14-16,18,26,31,35H,5,9,11-13,17H2. The van der Waals surface area contributed by atoms with E-state index in [0.717, 1.165) is 57.7 Å². The summed E-state index contributed by atoms with van der Waals surface area (Å²) in [6.07, 6.45) is 9.27. The maximum atomic E-state index is 9.79. The van der Waals surface area contributed by atoms with E-state index in [2.05, 4.69) is 20.6 Å². The number of hydrogen-bond acceptors (Lipinski definition) is 4. The van der Waals surface area contributed by atoms with Gasteiger partial charge in [0.25, 0.3) is 0 Å². The first-order valence-electron chi connectivity index (χ1n) is 12.3. The van der Waals surface area contributed by atoms with Crippen LogP contribution >= 0.6 is 11.6 Å². The number of fused-ring (bicyclic) bond motifs is 2. The Morgan fingerprint density at radius 2 is 2.00 bits per heavy atom. The third-order valence-electron chi connectivity index (χ3n) is 6.98. The molecular weight excluding hydrogens is 472 g/mol. The number of aromatic amines is 1. The second-order valence-electron chi connectivity index (χ2n) is 9.19. The van der Waals surface area contributed by atoms with Crippen molar-refractivity contribution in [2.24, 2.45) is 0 Å². The molecule has 0 amide bonds. The lowest BCUT2D eigenvalue weighted by Gasteiger charge is -2.29. The van der Waals surface area contributed by atoms with E-state index in [1.54, 1.807) is 6.20 Å². The van der Waals surface area contributed by atoms with Crippen LogP contribution < -0.4 is 4.74 Å². The van der Waals surface area contributed by atoms with E-state index in [0.29, 0.717) is 18.9 Å². The topological polar surface area (TPSA) is 76.0 Å². The predicted octanol–water partition coefficient (Wildman–Crippen LogP) is 6.12. The summed E-state index contributed by atoms with van der Waals surface area (Å²) in [6.45, 7) is 0.478. The summed E-state index contributed by atoms with van der Waals surface area (Å²) in [6, 6.07) is 18.3. The molecule has 0 fully saturated rings. The number of aryl methyl sites for hydroxylation is 1. The average molecular weight is 499 g/mol. The van der Waals surface area contributed by atoms with Gasteiger partial charge in [-0.1, -0.05) is 54.1 Å². The van der Waals surface area contributed by atoms with Crippen molar-refractivity contribution in [2.75, 3.05) is 6.61 Å². The Balaban J connectivity index is 1.43. The number of ether oxygens (including phenoxy) is 1. The van der Waals surface area contributed by atoms with Crippen molar-refractivity contribution in [3.63, 3.8) is 0 Å². The van der Waals surface area contributed by atoms with Gasteiger partial charge in [-0.15, -0.1) is 0 Å². The van der Waals surface area contributed by atoms with E-state index in [-0.39, 0.29) is 12.6 Å². The van der Waals surface area contributed by atoms with Crippen LogP contribution in [0.5, 0.6) is 5.88 Å². The first-order chi connectivity index (χ1) is 17.7. The molecule has 1 atom stereocenters. The van der Waals surface area contributed by atoms with E-state index in [4.69, 9.17) is 21.3 Å². The predicted molar refractivity (Wildman–Crippen MR) is 141 cm³/mol. The Morgan fingerprint density at radius 1 is 1.11 bits per heavy atom. The van der Waals surface area contributed by atoms with Crippen LogP contribution in [0.1, 0.15) is 41.3 Å². The number of aromatic nitrogens is 4. The Morgan fingerprint density at radius 3 is 2.86 bits per heavy atom. The first-order valence-corrected chi connectivity index (χ1v) is 12.7. The zero-order valence-electron chi connectivity index (χ0n) is 19.8. The van der Waals surface area contributed by atoms with Crippen LogP contribution in [0.4, 0.5) is 0 Å². The molecule has 0 bridgehead atoms. The molecule has 0 radical (unpaired) electrons. The fourth-order valence-electron chi connectivity index (χ4n) is 5.31. The summed E-state index contributed by atoms with van der Waals surface area (Å²) in [5.41, 5.74) is 7.34. The van der Waals surface area contributed by atoms with Crippen molar-refractivity contribution < 1.29 is 9.84 Å². The molecule has 36 heavy (non-hydrogen) atoms. The van der Waals surface area contributed by atoms with Crippen molar-refractivity contribution in [3.8, 4) is 17.1 Å². The minimum atomic E-state index is 0.0291. The SMILES string of the molecule is OCCc1ncn(C2CCCc3cccc(Cl)c32)c1-c1c[nH]c2cnc(OCc3ccccc3)cc12. The van der Waals surface area contributed by atoms with E-state index >= 15 is 0 Å². The van der Waals surface area contributed by atoms with E-state index in [9.17, 15) is 5.11 Å². The van der Waals surface area contributed by atoms with Crippen LogP contribution in [0, 0.1) is 0 Å². The van der Waals surface area contributed by atoms with E-state index in [1.807, 2.05) is 61.1 Å². The molecule has 182 valence electrons. The molecule has 6 nitrogen and oxygen atoms in total. The number of H-pyrrole nitrogens is 1. The number of benzene rings is 2. The lowest BCUT2D eigenvalue weighted by atomic mass is 9.87. The summed E-state index contributed by atoms with van der Waals surface area (Å²) < 4.78 is 8.26. The smallest absolute Gasteiger partial charge is 0.214 e. The largest absolute Gasteiger partial charge is 0.473 e. The summed E-state index contributed by atoms with van der Waals surface area (Å²) in [5, 5.41) is 11.6. The monoisotopic (exact) mass is 498 g/mol. The molecule has 5 aromatic rings. The lowest BCUT2D eigenvalue weighted by Crippen LogP contribution is -2.18. The van der Waals surface area contributed by atoms with Crippen LogP contribution in [0.2, 0.25) is 5.02 Å². The van der Waals surface area contributed by atoms with E-state index < -0.39 is 0 Å². The highest BCUT2D eigenvalue weighted by molar-refractivity contribution is 6.31. The van der Waals surface area contributed by atoms with Gasteiger partial charge in [0, 0.05) is 41.3 Å². The van der Waals surface area contributed by atoms with Gasteiger partial charge in [0.15, 0.2) is 0 Å². The molecule has 0 saturated carbocycles. The van der Waals surface area contributed by atoms with Gasteiger partial charge >= 0.3 is 0 Å². The highest BCUT2D eigenvalue weighted by atomic mass is 35.5. The Hall–Kier alpha value is -3.61. The van der Waals surface area contributed by atoms with Gasteiger partial charge in [-0.05, 0) is 42.0 Å². The highest BCUT2D eigenvalue weighted by Crippen LogP contribution is 2.42. The van der Waals surface area contributed by atoms with Gasteiger partial charge in [0.1, 0.15) is 6.61 Å². The number of aliphatic hydroxyl groups excluding tert-OH is 1. The summed E-state index contributed by atoms with van der Waals surface area (Å²) in [5.74, 6) is 0.563. The number of rotatable bonds is 7. The summed E-state index contributed by atoms with van der Waals surface area (Å²) in [4.78, 5) is 12.6. The average Bonchev–Trinajstić information content (AvgIpc) is 3.51. The number of nitrogens with one attached hydrogen (secondary N) is 1. The Kier molecular flexibility index (Phi) is 6.21. The van der Waals surface area contributed by atoms with Crippen molar-refractivity contribution in [1.29, 1.82) is 0 Å². The fourth-order valence-corrected chi connectivity index (χ4v) is 5.63. The van der Waals surface area contributed by atoms with Crippen LogP contribution in [0.3, 0.4) is 0 Å². The number of nitrogens with zero attached hydrogens (tertiary/aromatic N) is 3. The van der Waals surface area contributed by atoms with Crippen LogP contribution in [0.15, 0.2) is 73.3 Å². The van der Waals surface area contributed by atoms with Crippen LogP contribution in [-0.2, 0) is 19.4 Å². The fraction of sp³-hybridized carbons (Fsp3) is 0.241. The Labute approximate surface area is 214 Å². The van der Waals surface area contributed by atoms with Crippen molar-refractivity contribution >= 4 is 22.5 Å². The molecule has 3 aromatic heterocycles. The van der Waals surface area contributed by atoms with Crippen molar-refractivity contribution in [3.05, 3.63) is 101 Å². The van der Waals surface area contributed by atoms with Gasteiger partial charge in [0.05, 0.1) is 35.5 Å². The Bertz CT molecular complexity index is 1510. The summed E-state index contributed by atoms with van der Waals surface area (Å²) >= 11 is 6.73. The van der Waals surface area contributed by atoms with Gasteiger partial charge in [0.2, 0.25) is 5.88 Å². The molecule has 2 aromatic carbocycles. The maximum absolute atomic E-state index is 9.79. The number of imidazole rings is 1. The number of hydrogen-bond donors (Lipinski definition) is 2. The molecule has 1 aliphatic carbocycles.